The van der Waals surface area contributed by atoms with Crippen molar-refractivity contribution in [2.45, 2.75) is 31.2 Å². The molecule has 5 nitrogen and oxygen atoms in total. The molecule has 140 valence electrons. The van der Waals surface area contributed by atoms with Gasteiger partial charge in [-0.25, -0.2) is 13.4 Å². The van der Waals surface area contributed by atoms with E-state index in [1.165, 1.54) is 12.8 Å². The van der Waals surface area contributed by atoms with Crippen molar-refractivity contribution >= 4 is 21.1 Å². The van der Waals surface area contributed by atoms with Crippen LogP contribution in [-0.2, 0) is 16.4 Å². The third-order valence-corrected chi connectivity index (χ3v) is 7.45. The van der Waals surface area contributed by atoms with E-state index in [2.05, 4.69) is 10.6 Å². The van der Waals surface area contributed by atoms with Crippen molar-refractivity contribution in [3.8, 4) is 0 Å². The fourth-order valence-electron chi connectivity index (χ4n) is 3.90. The van der Waals surface area contributed by atoms with E-state index in [1.54, 1.807) is 4.31 Å². The smallest absolute Gasteiger partial charge is 0.214 e. The Balaban J connectivity index is 1.32. The Kier molecular flexibility index (Phi) is 4.06. The van der Waals surface area contributed by atoms with Crippen LogP contribution < -0.4 is 0 Å². The van der Waals surface area contributed by atoms with Gasteiger partial charge in [0.05, 0.1) is 22.8 Å². The Morgan fingerprint density at radius 2 is 1.67 bits per heavy atom. The molecule has 2 aliphatic rings. The number of hydrogen-bond donors (Lipinski definition) is 0. The summed E-state index contributed by atoms with van der Waals surface area (Å²) in [4.78, 5) is 4.84. The summed E-state index contributed by atoms with van der Waals surface area (Å²) in [5.74, 6) is 1.85. The Morgan fingerprint density at radius 1 is 0.963 bits per heavy atom. The molecule has 0 radical (unpaired) electrons. The molecule has 1 aromatic heterocycles. The van der Waals surface area contributed by atoms with Gasteiger partial charge in [0.15, 0.2) is 0 Å². The van der Waals surface area contributed by atoms with Crippen LogP contribution in [0.25, 0.3) is 11.0 Å². The van der Waals surface area contributed by atoms with Gasteiger partial charge >= 0.3 is 0 Å². The van der Waals surface area contributed by atoms with Crippen molar-refractivity contribution in [1.29, 1.82) is 0 Å². The number of imidazole rings is 1. The zero-order valence-electron chi connectivity index (χ0n) is 15.2. The second-order valence-corrected chi connectivity index (χ2v) is 9.71. The van der Waals surface area contributed by atoms with Gasteiger partial charge in [0.25, 0.3) is 0 Å². The summed E-state index contributed by atoms with van der Waals surface area (Å²) in [5.41, 5.74) is 3.21. The number of aromatic nitrogens is 2. The van der Waals surface area contributed by atoms with Crippen LogP contribution in [0, 0.1) is 0 Å². The molecular formula is C21H23N3O2S. The molecule has 1 aliphatic heterocycles. The normalized spacial score (nSPS) is 18.7. The molecule has 1 saturated heterocycles. The van der Waals surface area contributed by atoms with Crippen molar-refractivity contribution < 1.29 is 8.42 Å². The average molecular weight is 382 g/mol. The highest BCUT2D eigenvalue weighted by molar-refractivity contribution is 7.89. The van der Waals surface area contributed by atoms with E-state index in [0.717, 1.165) is 22.4 Å². The lowest BCUT2D eigenvalue weighted by Gasteiger charge is -2.39. The van der Waals surface area contributed by atoms with Crippen molar-refractivity contribution in [3.63, 3.8) is 0 Å². The van der Waals surface area contributed by atoms with Gasteiger partial charge in [-0.3, -0.25) is 0 Å². The summed E-state index contributed by atoms with van der Waals surface area (Å²) in [7, 11) is -3.22. The van der Waals surface area contributed by atoms with Crippen molar-refractivity contribution in [3.05, 3.63) is 66.0 Å². The SMILES string of the molecule is O=S(=O)(CCc1ccccc1)N1CC(n2c(C3CC3)nc3ccccc32)C1. The first kappa shape index (κ1) is 17.0. The molecule has 0 unspecified atom stereocenters. The number of fused-ring (bicyclic) bond motifs is 1. The maximum atomic E-state index is 12.7. The molecule has 0 spiro atoms. The molecule has 3 aromatic rings. The largest absolute Gasteiger partial charge is 0.322 e. The predicted molar refractivity (Wildman–Crippen MR) is 106 cm³/mol. The number of hydrogen-bond acceptors (Lipinski definition) is 3. The molecule has 1 saturated carbocycles. The molecule has 6 heteroatoms. The number of para-hydroxylation sites is 2. The lowest BCUT2D eigenvalue weighted by atomic mass is 10.1. The van der Waals surface area contributed by atoms with E-state index in [4.69, 9.17) is 4.98 Å². The van der Waals surface area contributed by atoms with Crippen LogP contribution in [0.3, 0.4) is 0 Å². The van der Waals surface area contributed by atoms with Gasteiger partial charge in [-0.05, 0) is 37.0 Å². The lowest BCUT2D eigenvalue weighted by Crippen LogP contribution is -2.51. The molecule has 1 aliphatic carbocycles. The average Bonchev–Trinajstić information content (AvgIpc) is 3.42. The van der Waals surface area contributed by atoms with Crippen LogP contribution in [0.1, 0.15) is 36.2 Å². The molecular weight excluding hydrogens is 358 g/mol. The number of nitrogens with zero attached hydrogens (tertiary/aromatic N) is 3. The van der Waals surface area contributed by atoms with Crippen LogP contribution in [0.2, 0.25) is 0 Å². The van der Waals surface area contributed by atoms with Gasteiger partial charge in [-0.15, -0.1) is 0 Å². The maximum absolute atomic E-state index is 12.7. The van der Waals surface area contributed by atoms with Gasteiger partial charge in [0.2, 0.25) is 10.0 Å². The van der Waals surface area contributed by atoms with Crippen LogP contribution >= 0.6 is 0 Å². The molecule has 5 rings (SSSR count). The fraction of sp³-hybridized carbons (Fsp3) is 0.381. The molecule has 2 aromatic carbocycles. The summed E-state index contributed by atoms with van der Waals surface area (Å²) in [6.45, 7) is 1.11. The molecule has 0 amide bonds. The van der Waals surface area contributed by atoms with Crippen LogP contribution in [0.15, 0.2) is 54.6 Å². The minimum Gasteiger partial charge on any atom is -0.322 e. The predicted octanol–water partition coefficient (Wildman–Crippen LogP) is 3.34. The number of rotatable bonds is 6. The second kappa shape index (κ2) is 6.46. The van der Waals surface area contributed by atoms with Gasteiger partial charge < -0.3 is 4.57 Å². The summed E-state index contributed by atoms with van der Waals surface area (Å²) >= 11 is 0. The molecule has 0 atom stereocenters. The Morgan fingerprint density at radius 3 is 2.41 bits per heavy atom. The highest BCUT2D eigenvalue weighted by atomic mass is 32.2. The standard InChI is InChI=1S/C21H23N3O2S/c25-27(26,13-12-16-6-2-1-3-7-16)23-14-18(15-23)24-20-9-5-4-8-19(20)22-21(24)17-10-11-17/h1-9,17-18H,10-15H2. The number of benzene rings is 2. The first-order valence-corrected chi connectivity index (χ1v) is 11.2. The van der Waals surface area contributed by atoms with E-state index in [1.807, 2.05) is 48.5 Å². The van der Waals surface area contributed by atoms with Gasteiger partial charge in [0, 0.05) is 19.0 Å². The molecule has 2 heterocycles. The summed E-state index contributed by atoms with van der Waals surface area (Å²) in [6.07, 6.45) is 2.94. The van der Waals surface area contributed by atoms with E-state index >= 15 is 0 Å². The van der Waals surface area contributed by atoms with E-state index < -0.39 is 10.0 Å². The Hall–Kier alpha value is -2.18. The molecule has 2 fully saturated rings. The minimum absolute atomic E-state index is 0.171. The summed E-state index contributed by atoms with van der Waals surface area (Å²) < 4.78 is 29.3. The third-order valence-electron chi connectivity index (χ3n) is 5.64. The summed E-state index contributed by atoms with van der Waals surface area (Å²) in [5, 5.41) is 0. The van der Waals surface area contributed by atoms with Crippen LogP contribution in [0.4, 0.5) is 0 Å². The second-order valence-electron chi connectivity index (χ2n) is 7.63. The number of aryl methyl sites for hydroxylation is 1. The van der Waals surface area contributed by atoms with Gasteiger partial charge in [-0.1, -0.05) is 42.5 Å². The van der Waals surface area contributed by atoms with Crippen molar-refractivity contribution in [2.75, 3.05) is 18.8 Å². The fourth-order valence-corrected chi connectivity index (χ4v) is 5.45. The Labute approximate surface area is 159 Å². The van der Waals surface area contributed by atoms with Crippen LogP contribution in [0.5, 0.6) is 0 Å². The van der Waals surface area contributed by atoms with Crippen LogP contribution in [-0.4, -0.2) is 41.1 Å². The van der Waals surface area contributed by atoms with E-state index in [0.29, 0.717) is 25.4 Å². The topological polar surface area (TPSA) is 55.2 Å². The first-order chi connectivity index (χ1) is 13.1. The zero-order chi connectivity index (χ0) is 18.4. The Bertz CT molecular complexity index is 1070. The van der Waals surface area contributed by atoms with Gasteiger partial charge in [0.1, 0.15) is 5.82 Å². The van der Waals surface area contributed by atoms with Crippen molar-refractivity contribution in [1.82, 2.24) is 13.9 Å². The third kappa shape index (κ3) is 3.17. The first-order valence-electron chi connectivity index (χ1n) is 9.60. The highest BCUT2D eigenvalue weighted by Crippen LogP contribution is 2.43. The van der Waals surface area contributed by atoms with E-state index in [-0.39, 0.29) is 11.8 Å². The van der Waals surface area contributed by atoms with Crippen molar-refractivity contribution in [2.24, 2.45) is 0 Å². The quantitative estimate of drug-likeness (QED) is 0.658. The molecule has 0 bridgehead atoms. The molecule has 27 heavy (non-hydrogen) atoms. The number of sulfonamides is 1. The highest BCUT2D eigenvalue weighted by Gasteiger charge is 2.40. The molecule has 0 N–H and O–H groups in total. The lowest BCUT2D eigenvalue weighted by molar-refractivity contribution is 0.205. The minimum atomic E-state index is -3.22. The van der Waals surface area contributed by atoms with Gasteiger partial charge in [-0.2, -0.15) is 4.31 Å². The zero-order valence-corrected chi connectivity index (χ0v) is 16.0. The van der Waals surface area contributed by atoms with E-state index in [9.17, 15) is 8.42 Å². The monoisotopic (exact) mass is 381 g/mol. The summed E-state index contributed by atoms with van der Waals surface area (Å²) in [6, 6.07) is 18.2. The maximum Gasteiger partial charge on any atom is 0.214 e.